The summed E-state index contributed by atoms with van der Waals surface area (Å²) in [6.07, 6.45) is 0.820. The number of aliphatic hydroxyl groups is 1. The van der Waals surface area contributed by atoms with E-state index in [1.165, 1.54) is 0 Å². The van der Waals surface area contributed by atoms with E-state index in [1.54, 1.807) is 0 Å². The number of aliphatic imine (C=N–C) groups is 1. The highest BCUT2D eigenvalue weighted by Crippen LogP contribution is 2.43. The molecule has 0 aromatic heterocycles. The number of hydrazine groups is 1. The molecule has 3 aromatic carbocycles. The van der Waals surface area contributed by atoms with Crippen LogP contribution < -0.4 is 15.6 Å². The number of azide groups is 1. The smallest absolute Gasteiger partial charge is 0.266 e. The van der Waals surface area contributed by atoms with Crippen molar-refractivity contribution in [3.8, 4) is 5.75 Å². The van der Waals surface area contributed by atoms with E-state index in [1.807, 2.05) is 92.7 Å². The van der Waals surface area contributed by atoms with Crippen molar-refractivity contribution in [3.05, 3.63) is 112 Å². The van der Waals surface area contributed by atoms with E-state index in [0.717, 1.165) is 16.7 Å². The summed E-state index contributed by atoms with van der Waals surface area (Å²) in [7, 11) is 0. The fourth-order valence-electron chi connectivity index (χ4n) is 4.92. The summed E-state index contributed by atoms with van der Waals surface area (Å²) in [4.78, 5) is 22.3. The maximum Gasteiger partial charge on any atom is 0.266 e. The Morgan fingerprint density at radius 2 is 1.77 bits per heavy atom. The Bertz CT molecular complexity index is 1430. The van der Waals surface area contributed by atoms with E-state index in [4.69, 9.17) is 29.8 Å². The molecule has 0 saturated carbocycles. The van der Waals surface area contributed by atoms with E-state index in [2.05, 4.69) is 20.9 Å². The maximum absolute atomic E-state index is 14.3. The van der Waals surface area contributed by atoms with Gasteiger partial charge in [0.05, 0.1) is 19.3 Å². The van der Waals surface area contributed by atoms with E-state index in [9.17, 15) is 4.79 Å². The van der Waals surface area contributed by atoms with Crippen LogP contribution in [-0.4, -0.2) is 54.9 Å². The quantitative estimate of drug-likeness (QED) is 0.0638. The first kappa shape index (κ1) is 32.5. The monoisotopic (exact) mass is 600 g/mol. The van der Waals surface area contributed by atoms with Crippen LogP contribution in [0.5, 0.6) is 5.75 Å². The van der Waals surface area contributed by atoms with Gasteiger partial charge in [-0.25, -0.2) is 10.4 Å². The van der Waals surface area contributed by atoms with Crippen molar-refractivity contribution in [2.24, 2.45) is 10.1 Å². The molecule has 0 unspecified atom stereocenters. The molecule has 44 heavy (non-hydrogen) atoms. The lowest BCUT2D eigenvalue weighted by Gasteiger charge is -2.31. The molecule has 0 aliphatic carbocycles. The van der Waals surface area contributed by atoms with Crippen LogP contribution in [0.2, 0.25) is 0 Å². The van der Waals surface area contributed by atoms with Crippen LogP contribution in [0, 0.1) is 0 Å². The number of carbonyl (C=O) groups excluding carboxylic acids is 1. The van der Waals surface area contributed by atoms with Gasteiger partial charge in [0.1, 0.15) is 5.75 Å². The molecule has 2 atom stereocenters. The molecule has 11 nitrogen and oxygen atoms in total. The molecule has 11 heteroatoms. The highest BCUT2D eigenvalue weighted by atomic mass is 16.5. The van der Waals surface area contributed by atoms with Crippen molar-refractivity contribution in [1.82, 2.24) is 10.9 Å². The van der Waals surface area contributed by atoms with Crippen LogP contribution in [-0.2, 0) is 27.2 Å². The Balaban J connectivity index is 1.71. The first-order chi connectivity index (χ1) is 21.5. The van der Waals surface area contributed by atoms with Crippen molar-refractivity contribution in [3.63, 3.8) is 0 Å². The second-order valence-electron chi connectivity index (χ2n) is 10.7. The Morgan fingerprint density at radius 1 is 1.05 bits per heavy atom. The van der Waals surface area contributed by atoms with Gasteiger partial charge >= 0.3 is 0 Å². The molecule has 1 aliphatic rings. The molecule has 0 fully saturated rings. The number of hydrogen-bond acceptors (Lipinski definition) is 8. The number of aliphatic hydroxyl groups excluding tert-OH is 1. The minimum Gasteiger partial charge on any atom is -0.494 e. The van der Waals surface area contributed by atoms with Gasteiger partial charge in [-0.2, -0.15) is 0 Å². The maximum atomic E-state index is 14.3. The summed E-state index contributed by atoms with van der Waals surface area (Å²) in [5.74, 6) is 0.629. The lowest BCUT2D eigenvalue weighted by molar-refractivity contribution is -0.130. The molecule has 1 aliphatic heterocycles. The van der Waals surface area contributed by atoms with Crippen molar-refractivity contribution in [2.45, 2.75) is 57.4 Å². The standard InChI is InChI=1S/C33H40N6O5/c1-24(2)42-20-8-18-35-38-32(41)33(22-27-12-6-7-13-28(27)23-36-39-34)30(25-10-4-3-5-11-25)44-31(37-33)26-14-16-29(17-15-26)43-21-9-19-40/h3-7,10-17,24,30,35,40H,8-9,18-23H2,1-2H3,(H,38,41)/t30-,33-/m0/s1. The Morgan fingerprint density at radius 3 is 2.48 bits per heavy atom. The van der Waals surface area contributed by atoms with E-state index >= 15 is 0 Å². The summed E-state index contributed by atoms with van der Waals surface area (Å²) in [6, 6.07) is 24.4. The van der Waals surface area contributed by atoms with Gasteiger partial charge in [-0.05, 0) is 66.8 Å². The molecule has 0 radical (unpaired) electrons. The molecule has 3 N–H and O–H groups in total. The number of nitrogens with one attached hydrogen (secondary N) is 2. The molecule has 1 heterocycles. The number of rotatable bonds is 17. The fraction of sp³-hybridized carbons (Fsp3) is 0.394. The van der Waals surface area contributed by atoms with Gasteiger partial charge in [0.15, 0.2) is 11.6 Å². The average molecular weight is 601 g/mol. The lowest BCUT2D eigenvalue weighted by atomic mass is 9.81. The minimum atomic E-state index is -1.40. The minimum absolute atomic E-state index is 0.0559. The molecular formula is C33H40N6O5. The van der Waals surface area contributed by atoms with E-state index < -0.39 is 11.6 Å². The molecule has 4 rings (SSSR count). The largest absolute Gasteiger partial charge is 0.494 e. The molecule has 1 amide bonds. The molecular weight excluding hydrogens is 560 g/mol. The average Bonchev–Trinajstić information content (AvgIpc) is 3.43. The van der Waals surface area contributed by atoms with Gasteiger partial charge in [-0.3, -0.25) is 10.2 Å². The lowest BCUT2D eigenvalue weighted by Crippen LogP contribution is -2.54. The van der Waals surface area contributed by atoms with Gasteiger partial charge in [0.25, 0.3) is 5.91 Å². The zero-order valence-corrected chi connectivity index (χ0v) is 25.2. The second kappa shape index (κ2) is 16.4. The molecule has 3 aromatic rings. The third kappa shape index (κ3) is 8.58. The highest BCUT2D eigenvalue weighted by molar-refractivity contribution is 6.01. The molecule has 0 saturated heterocycles. The molecule has 232 valence electrons. The third-order valence-electron chi connectivity index (χ3n) is 7.11. The Kier molecular flexibility index (Phi) is 12.1. The van der Waals surface area contributed by atoms with Gasteiger partial charge < -0.3 is 19.3 Å². The van der Waals surface area contributed by atoms with Crippen LogP contribution in [0.25, 0.3) is 10.4 Å². The number of amides is 1. The van der Waals surface area contributed by atoms with Gasteiger partial charge in [-0.15, -0.1) is 0 Å². The normalized spacial score (nSPS) is 17.5. The zero-order valence-electron chi connectivity index (χ0n) is 25.2. The summed E-state index contributed by atoms with van der Waals surface area (Å²) in [5.41, 5.74) is 16.6. The molecule has 0 bridgehead atoms. The van der Waals surface area contributed by atoms with E-state index in [0.29, 0.717) is 49.8 Å². The second-order valence-corrected chi connectivity index (χ2v) is 10.7. The van der Waals surface area contributed by atoms with Crippen LogP contribution in [0.15, 0.2) is 89.0 Å². The first-order valence-electron chi connectivity index (χ1n) is 14.8. The number of benzene rings is 3. The van der Waals surface area contributed by atoms with Crippen molar-refractivity contribution in [1.29, 1.82) is 0 Å². The predicted molar refractivity (Wildman–Crippen MR) is 168 cm³/mol. The van der Waals surface area contributed by atoms with Gasteiger partial charge in [-0.1, -0.05) is 59.7 Å². The van der Waals surface area contributed by atoms with Crippen LogP contribution in [0.1, 0.15) is 55.0 Å². The first-order valence-corrected chi connectivity index (χ1v) is 14.8. The third-order valence-corrected chi connectivity index (χ3v) is 7.11. The highest BCUT2D eigenvalue weighted by Gasteiger charge is 2.53. The van der Waals surface area contributed by atoms with Crippen molar-refractivity contribution < 1.29 is 24.1 Å². The summed E-state index contributed by atoms with van der Waals surface area (Å²) in [6.45, 7) is 5.64. The number of ether oxygens (including phenoxy) is 3. The number of nitrogens with zero attached hydrogens (tertiary/aromatic N) is 4. The van der Waals surface area contributed by atoms with Crippen molar-refractivity contribution in [2.75, 3.05) is 26.4 Å². The number of hydrogen-bond donors (Lipinski definition) is 3. The zero-order chi connectivity index (χ0) is 31.2. The summed E-state index contributed by atoms with van der Waals surface area (Å²) < 4.78 is 17.9. The molecule has 0 spiro atoms. The Labute approximate surface area is 257 Å². The van der Waals surface area contributed by atoms with Gasteiger partial charge in [0.2, 0.25) is 5.90 Å². The SMILES string of the molecule is CC(C)OCCCNNC(=O)[C@@]1(Cc2ccccc2CN=[N+]=[N-])N=C(c2ccc(OCCCO)cc2)O[C@H]1c1ccccc1. The van der Waals surface area contributed by atoms with Gasteiger partial charge in [0, 0.05) is 43.1 Å². The van der Waals surface area contributed by atoms with Crippen LogP contribution in [0.3, 0.4) is 0 Å². The fourth-order valence-corrected chi connectivity index (χ4v) is 4.92. The predicted octanol–water partition coefficient (Wildman–Crippen LogP) is 5.19. The van der Waals surface area contributed by atoms with Crippen LogP contribution in [0.4, 0.5) is 0 Å². The van der Waals surface area contributed by atoms with Crippen molar-refractivity contribution >= 4 is 11.8 Å². The van der Waals surface area contributed by atoms with E-state index in [-0.39, 0.29) is 31.6 Å². The number of carbonyl (C=O) groups is 1. The topological polar surface area (TPSA) is 150 Å². The summed E-state index contributed by atoms with van der Waals surface area (Å²) >= 11 is 0. The summed E-state index contributed by atoms with van der Waals surface area (Å²) in [5, 5.41) is 12.8. The van der Waals surface area contributed by atoms with Crippen LogP contribution >= 0.6 is 0 Å². The Hall–Kier alpha value is -4.41.